The monoisotopic (exact) mass is 361 g/mol. The van der Waals surface area contributed by atoms with E-state index in [2.05, 4.69) is 10.5 Å². The lowest BCUT2D eigenvalue weighted by Crippen LogP contribution is -2.29. The first kappa shape index (κ1) is 18.6. The largest absolute Gasteiger partial charge is 0.480 e. The van der Waals surface area contributed by atoms with Crippen LogP contribution in [-0.4, -0.2) is 31.8 Å². The molecule has 0 atom stereocenters. The van der Waals surface area contributed by atoms with Gasteiger partial charge in [-0.3, -0.25) is 10.2 Å². The number of hydrogen-bond donors (Lipinski definition) is 3. The standard InChI is InChI=1S/C17H19N3O4S/c1-12-3-7-15(8-4-12)20-19-13(2)14-5-9-16(10-6-14)25(23,24)18-11-17(21)22/h3-10,18,20H,11H2,1-2H3,(H,21,22)/b19-13-. The van der Waals surface area contributed by atoms with Crippen LogP contribution < -0.4 is 10.1 Å². The summed E-state index contributed by atoms with van der Waals surface area (Å²) in [6.07, 6.45) is 0. The maximum atomic E-state index is 11.9. The predicted octanol–water partition coefficient (Wildman–Crippen LogP) is 2.19. The van der Waals surface area contributed by atoms with Gasteiger partial charge in [-0.25, -0.2) is 8.42 Å². The Kier molecular flexibility index (Phi) is 5.89. The smallest absolute Gasteiger partial charge is 0.318 e. The summed E-state index contributed by atoms with van der Waals surface area (Å²) in [7, 11) is -3.84. The minimum absolute atomic E-state index is 0.00297. The Morgan fingerprint density at radius 2 is 1.68 bits per heavy atom. The lowest BCUT2D eigenvalue weighted by molar-refractivity contribution is -0.135. The molecule has 0 amide bonds. The highest BCUT2D eigenvalue weighted by molar-refractivity contribution is 7.89. The number of nitrogens with zero attached hydrogens (tertiary/aromatic N) is 1. The van der Waals surface area contributed by atoms with Gasteiger partial charge in [0, 0.05) is 0 Å². The zero-order valence-electron chi connectivity index (χ0n) is 13.9. The van der Waals surface area contributed by atoms with Crippen molar-refractivity contribution < 1.29 is 18.3 Å². The average Bonchev–Trinajstić information content (AvgIpc) is 2.59. The Balaban J connectivity index is 2.09. The first-order chi connectivity index (χ1) is 11.8. The molecule has 8 heteroatoms. The van der Waals surface area contributed by atoms with Gasteiger partial charge in [-0.2, -0.15) is 9.82 Å². The Bertz CT molecular complexity index is 873. The van der Waals surface area contributed by atoms with E-state index in [0.717, 1.165) is 16.8 Å². The number of carboxylic acids is 1. The molecule has 0 radical (unpaired) electrons. The number of rotatable bonds is 7. The van der Waals surface area contributed by atoms with E-state index in [1.54, 1.807) is 19.1 Å². The van der Waals surface area contributed by atoms with Gasteiger partial charge in [0.05, 0.1) is 16.3 Å². The summed E-state index contributed by atoms with van der Waals surface area (Å²) in [4.78, 5) is 10.5. The highest BCUT2D eigenvalue weighted by Gasteiger charge is 2.15. The van der Waals surface area contributed by atoms with Crippen LogP contribution in [0.15, 0.2) is 58.5 Å². The molecule has 3 N–H and O–H groups in total. The molecule has 2 rings (SSSR count). The summed E-state index contributed by atoms with van der Waals surface area (Å²) in [5, 5.41) is 12.8. The van der Waals surface area contributed by atoms with Crippen LogP contribution in [0.5, 0.6) is 0 Å². The van der Waals surface area contributed by atoms with Crippen molar-refractivity contribution in [2.24, 2.45) is 5.10 Å². The molecule has 2 aromatic carbocycles. The Morgan fingerprint density at radius 3 is 2.24 bits per heavy atom. The summed E-state index contributed by atoms with van der Waals surface area (Å²) in [5.74, 6) is -1.25. The number of hydrogen-bond acceptors (Lipinski definition) is 5. The number of aryl methyl sites for hydroxylation is 1. The number of nitrogens with one attached hydrogen (secondary N) is 2. The molecule has 0 aliphatic heterocycles. The Morgan fingerprint density at radius 1 is 1.08 bits per heavy atom. The fraction of sp³-hybridized carbons (Fsp3) is 0.176. The fourth-order valence-corrected chi connectivity index (χ4v) is 2.93. The highest BCUT2D eigenvalue weighted by Crippen LogP contribution is 2.12. The van der Waals surface area contributed by atoms with Gasteiger partial charge in [-0.05, 0) is 43.7 Å². The van der Waals surface area contributed by atoms with Gasteiger partial charge >= 0.3 is 5.97 Å². The molecule has 132 valence electrons. The first-order valence-electron chi connectivity index (χ1n) is 7.47. The van der Waals surface area contributed by atoms with Gasteiger partial charge in [0.2, 0.25) is 10.0 Å². The van der Waals surface area contributed by atoms with Gasteiger partial charge in [-0.1, -0.05) is 29.8 Å². The van der Waals surface area contributed by atoms with E-state index in [9.17, 15) is 13.2 Å². The molecule has 0 bridgehead atoms. The number of anilines is 1. The van der Waals surface area contributed by atoms with E-state index in [0.29, 0.717) is 5.71 Å². The summed E-state index contributed by atoms with van der Waals surface area (Å²) in [6, 6.07) is 13.8. The number of benzene rings is 2. The van der Waals surface area contributed by atoms with Crippen LogP contribution in [0.25, 0.3) is 0 Å². The Labute approximate surface area is 146 Å². The van der Waals surface area contributed by atoms with Crippen LogP contribution >= 0.6 is 0 Å². The third-order valence-corrected chi connectivity index (χ3v) is 4.82. The molecule has 2 aromatic rings. The minimum Gasteiger partial charge on any atom is -0.480 e. The number of carbonyl (C=O) groups is 1. The van der Waals surface area contributed by atoms with Crippen molar-refractivity contribution in [3.8, 4) is 0 Å². The molecule has 0 saturated heterocycles. The molecule has 25 heavy (non-hydrogen) atoms. The van der Waals surface area contributed by atoms with Crippen molar-refractivity contribution in [3.63, 3.8) is 0 Å². The molecule has 0 saturated carbocycles. The van der Waals surface area contributed by atoms with Crippen molar-refractivity contribution in [2.45, 2.75) is 18.7 Å². The number of carboxylic acid groups (broad SMARTS) is 1. The predicted molar refractivity (Wildman–Crippen MR) is 96.3 cm³/mol. The molecule has 7 nitrogen and oxygen atoms in total. The summed E-state index contributed by atoms with van der Waals surface area (Å²) in [5.41, 5.74) is 6.37. The summed E-state index contributed by atoms with van der Waals surface area (Å²) in [6.45, 7) is 3.14. The second kappa shape index (κ2) is 7.91. The zero-order chi connectivity index (χ0) is 18.4. The van der Waals surface area contributed by atoms with Crippen LogP contribution in [0.3, 0.4) is 0 Å². The van der Waals surface area contributed by atoms with Crippen LogP contribution in [0.4, 0.5) is 5.69 Å². The molecule has 0 fully saturated rings. The van der Waals surface area contributed by atoms with E-state index in [1.807, 2.05) is 35.9 Å². The first-order valence-corrected chi connectivity index (χ1v) is 8.95. The molecule has 0 aliphatic rings. The summed E-state index contributed by atoms with van der Waals surface area (Å²) >= 11 is 0. The molecule has 0 unspecified atom stereocenters. The van der Waals surface area contributed by atoms with Gasteiger partial charge in [0.25, 0.3) is 0 Å². The number of aliphatic carboxylic acids is 1. The van der Waals surface area contributed by atoms with Gasteiger partial charge in [0.15, 0.2) is 0 Å². The van der Waals surface area contributed by atoms with Crippen molar-refractivity contribution >= 4 is 27.4 Å². The third kappa shape index (κ3) is 5.40. The average molecular weight is 361 g/mol. The quantitative estimate of drug-likeness (QED) is 0.517. The van der Waals surface area contributed by atoms with E-state index in [-0.39, 0.29) is 4.90 Å². The highest BCUT2D eigenvalue weighted by atomic mass is 32.2. The van der Waals surface area contributed by atoms with E-state index in [4.69, 9.17) is 5.11 Å². The van der Waals surface area contributed by atoms with Gasteiger partial charge in [-0.15, -0.1) is 0 Å². The minimum atomic E-state index is -3.84. The number of sulfonamides is 1. The van der Waals surface area contributed by atoms with Gasteiger partial charge < -0.3 is 5.11 Å². The van der Waals surface area contributed by atoms with Crippen molar-refractivity contribution in [1.82, 2.24) is 4.72 Å². The van der Waals surface area contributed by atoms with Crippen LogP contribution in [-0.2, 0) is 14.8 Å². The lowest BCUT2D eigenvalue weighted by Gasteiger charge is -2.07. The van der Waals surface area contributed by atoms with Crippen molar-refractivity contribution in [2.75, 3.05) is 12.0 Å². The van der Waals surface area contributed by atoms with Crippen LogP contribution in [0.2, 0.25) is 0 Å². The molecular weight excluding hydrogens is 342 g/mol. The van der Waals surface area contributed by atoms with Crippen LogP contribution in [0, 0.1) is 6.92 Å². The molecule has 0 heterocycles. The zero-order valence-corrected chi connectivity index (χ0v) is 14.7. The van der Waals surface area contributed by atoms with Crippen molar-refractivity contribution in [3.05, 3.63) is 59.7 Å². The third-order valence-electron chi connectivity index (χ3n) is 3.40. The van der Waals surface area contributed by atoms with Gasteiger partial charge in [0.1, 0.15) is 6.54 Å². The SMILES string of the molecule is C/C(=N/Nc1ccc(C)cc1)c1ccc(S(=O)(=O)NCC(=O)O)cc1. The molecule has 0 spiro atoms. The fourth-order valence-electron chi connectivity index (χ4n) is 1.96. The molecular formula is C17H19N3O4S. The van der Waals surface area contributed by atoms with E-state index < -0.39 is 22.5 Å². The van der Waals surface area contributed by atoms with Crippen LogP contribution in [0.1, 0.15) is 18.1 Å². The topological polar surface area (TPSA) is 108 Å². The maximum Gasteiger partial charge on any atom is 0.318 e. The second-order valence-corrected chi connectivity index (χ2v) is 7.18. The Hall–Kier alpha value is -2.71. The second-order valence-electron chi connectivity index (χ2n) is 5.42. The summed E-state index contributed by atoms with van der Waals surface area (Å²) < 4.78 is 25.9. The van der Waals surface area contributed by atoms with Crippen molar-refractivity contribution in [1.29, 1.82) is 0 Å². The van der Waals surface area contributed by atoms with E-state index >= 15 is 0 Å². The van der Waals surface area contributed by atoms with E-state index in [1.165, 1.54) is 12.1 Å². The lowest BCUT2D eigenvalue weighted by atomic mass is 10.1. The maximum absolute atomic E-state index is 11.9. The molecule has 0 aliphatic carbocycles. The number of hydrazone groups is 1. The molecule has 0 aromatic heterocycles. The normalized spacial score (nSPS) is 12.0.